The number of rotatable bonds is 6. The molecule has 2 heterocycles. The summed E-state index contributed by atoms with van der Waals surface area (Å²) in [5.41, 5.74) is 0.00644. The van der Waals surface area contributed by atoms with Gasteiger partial charge >= 0.3 is 0 Å². The molecule has 2 aromatic rings. The maximum absolute atomic E-state index is 9.85. The average molecular weight is 291 g/mol. The first-order valence-corrected chi connectivity index (χ1v) is 8.04. The molecule has 0 bridgehead atoms. The van der Waals surface area contributed by atoms with E-state index in [9.17, 15) is 5.11 Å². The molecule has 2 N–H and O–H groups in total. The van der Waals surface area contributed by atoms with Gasteiger partial charge in [0.05, 0.1) is 13.2 Å². The van der Waals surface area contributed by atoms with E-state index in [4.69, 9.17) is 4.42 Å². The van der Waals surface area contributed by atoms with Crippen LogP contribution in [0.1, 0.15) is 41.7 Å². The van der Waals surface area contributed by atoms with Gasteiger partial charge in [0, 0.05) is 16.3 Å². The summed E-state index contributed by atoms with van der Waals surface area (Å²) < 4.78 is 5.63. The first-order chi connectivity index (χ1) is 9.73. The maximum atomic E-state index is 9.85. The summed E-state index contributed by atoms with van der Waals surface area (Å²) >= 11 is 1.76. The Balaban J connectivity index is 1.76. The molecule has 2 aromatic heterocycles. The normalized spacial score (nSPS) is 18.7. The molecule has 0 radical (unpaired) electrons. The summed E-state index contributed by atoms with van der Waals surface area (Å²) in [4.78, 5) is 1.31. The molecule has 0 aromatic carbocycles. The Morgan fingerprint density at radius 2 is 2.25 bits per heavy atom. The molecule has 0 aliphatic heterocycles. The van der Waals surface area contributed by atoms with Gasteiger partial charge in [-0.25, -0.2) is 0 Å². The highest BCUT2D eigenvalue weighted by Crippen LogP contribution is 2.50. The quantitative estimate of drug-likeness (QED) is 0.854. The Morgan fingerprint density at radius 3 is 2.75 bits per heavy atom. The highest BCUT2D eigenvalue weighted by atomic mass is 32.1. The standard InChI is InChI=1S/C16H21NO2S/c1-12-5-6-13(19-12)10-17-15(14-4-2-9-20-14)16(11-18)7-3-8-16/h2,4-6,9,15,17-18H,3,7-8,10-11H2,1H3. The van der Waals surface area contributed by atoms with E-state index in [0.29, 0.717) is 6.54 Å². The minimum Gasteiger partial charge on any atom is -0.465 e. The molecule has 3 nitrogen and oxygen atoms in total. The van der Waals surface area contributed by atoms with Crippen LogP contribution in [0.15, 0.2) is 34.1 Å². The van der Waals surface area contributed by atoms with Crippen molar-refractivity contribution in [3.05, 3.63) is 46.0 Å². The van der Waals surface area contributed by atoms with Crippen LogP contribution in [0.25, 0.3) is 0 Å². The van der Waals surface area contributed by atoms with Gasteiger partial charge in [0.25, 0.3) is 0 Å². The number of hydrogen-bond acceptors (Lipinski definition) is 4. The van der Waals surface area contributed by atoms with E-state index in [1.165, 1.54) is 11.3 Å². The van der Waals surface area contributed by atoms with Crippen LogP contribution in [0.2, 0.25) is 0 Å². The zero-order chi connectivity index (χ0) is 14.0. The van der Waals surface area contributed by atoms with E-state index < -0.39 is 0 Å². The van der Waals surface area contributed by atoms with Gasteiger partial charge in [-0.15, -0.1) is 11.3 Å². The molecule has 1 atom stereocenters. The summed E-state index contributed by atoms with van der Waals surface area (Å²) in [6.45, 7) is 2.92. The molecule has 1 aliphatic rings. The van der Waals surface area contributed by atoms with E-state index >= 15 is 0 Å². The predicted molar refractivity (Wildman–Crippen MR) is 80.7 cm³/mol. The predicted octanol–water partition coefficient (Wildman–Crippen LogP) is 3.64. The summed E-state index contributed by atoms with van der Waals surface area (Å²) in [5.74, 6) is 1.89. The molecule has 20 heavy (non-hydrogen) atoms. The van der Waals surface area contributed by atoms with Crippen molar-refractivity contribution >= 4 is 11.3 Å². The van der Waals surface area contributed by atoms with Crippen LogP contribution in [0.5, 0.6) is 0 Å². The Morgan fingerprint density at radius 1 is 1.40 bits per heavy atom. The van der Waals surface area contributed by atoms with Gasteiger partial charge in [-0.2, -0.15) is 0 Å². The third-order valence-corrected chi connectivity index (χ3v) is 5.32. The molecule has 4 heteroatoms. The Hall–Kier alpha value is -1.10. The van der Waals surface area contributed by atoms with Crippen molar-refractivity contribution in [2.45, 2.75) is 38.8 Å². The number of aryl methyl sites for hydroxylation is 1. The molecule has 0 spiro atoms. The van der Waals surface area contributed by atoms with Crippen LogP contribution in [0, 0.1) is 12.3 Å². The third-order valence-electron chi connectivity index (χ3n) is 4.38. The molecule has 3 rings (SSSR count). The number of thiophene rings is 1. The maximum Gasteiger partial charge on any atom is 0.117 e. The number of aliphatic hydroxyl groups is 1. The van der Waals surface area contributed by atoms with Gasteiger partial charge in [-0.3, -0.25) is 0 Å². The summed E-state index contributed by atoms with van der Waals surface area (Å²) in [7, 11) is 0. The fourth-order valence-electron chi connectivity index (χ4n) is 3.03. The lowest BCUT2D eigenvalue weighted by atomic mass is 9.64. The fourth-order valence-corrected chi connectivity index (χ4v) is 3.97. The van der Waals surface area contributed by atoms with E-state index in [2.05, 4.69) is 22.8 Å². The smallest absolute Gasteiger partial charge is 0.117 e. The van der Waals surface area contributed by atoms with Crippen molar-refractivity contribution < 1.29 is 9.52 Å². The van der Waals surface area contributed by atoms with Gasteiger partial charge in [-0.05, 0) is 43.3 Å². The minimum atomic E-state index is 0.00644. The highest BCUT2D eigenvalue weighted by Gasteiger charge is 2.44. The van der Waals surface area contributed by atoms with Crippen LogP contribution in [0.3, 0.4) is 0 Å². The second kappa shape index (κ2) is 5.72. The molecule has 1 unspecified atom stereocenters. The largest absolute Gasteiger partial charge is 0.465 e. The number of furan rings is 1. The molecular weight excluding hydrogens is 270 g/mol. The van der Waals surface area contributed by atoms with Crippen molar-refractivity contribution in [3.63, 3.8) is 0 Å². The average Bonchev–Trinajstić information content (AvgIpc) is 3.04. The van der Waals surface area contributed by atoms with Gasteiger partial charge in [0.15, 0.2) is 0 Å². The fraction of sp³-hybridized carbons (Fsp3) is 0.500. The van der Waals surface area contributed by atoms with E-state index in [1.807, 2.05) is 19.1 Å². The van der Waals surface area contributed by atoms with Gasteiger partial charge in [-0.1, -0.05) is 12.5 Å². The topological polar surface area (TPSA) is 45.4 Å². The van der Waals surface area contributed by atoms with Gasteiger partial charge in [0.2, 0.25) is 0 Å². The Kier molecular flexibility index (Phi) is 3.96. The third kappa shape index (κ3) is 2.55. The Labute approximate surface area is 123 Å². The summed E-state index contributed by atoms with van der Waals surface area (Å²) in [6, 6.07) is 8.45. The van der Waals surface area contributed by atoms with Crippen molar-refractivity contribution in [2.75, 3.05) is 6.61 Å². The SMILES string of the molecule is Cc1ccc(CNC(c2cccs2)C2(CO)CCC2)o1. The molecular formula is C16H21NO2S. The van der Waals surface area contributed by atoms with Crippen molar-refractivity contribution in [2.24, 2.45) is 5.41 Å². The van der Waals surface area contributed by atoms with E-state index in [-0.39, 0.29) is 18.1 Å². The van der Waals surface area contributed by atoms with E-state index in [0.717, 1.165) is 24.4 Å². The molecule has 1 aliphatic carbocycles. The minimum absolute atomic E-state index is 0.00644. The second-order valence-electron chi connectivity index (χ2n) is 5.72. The molecule has 0 saturated heterocycles. The zero-order valence-corrected chi connectivity index (χ0v) is 12.6. The first kappa shape index (κ1) is 13.9. The molecule has 0 amide bonds. The first-order valence-electron chi connectivity index (χ1n) is 7.16. The molecule has 1 fully saturated rings. The molecule has 108 valence electrons. The van der Waals surface area contributed by atoms with Gasteiger partial charge < -0.3 is 14.8 Å². The lowest BCUT2D eigenvalue weighted by molar-refractivity contribution is 0.00522. The number of nitrogens with one attached hydrogen (secondary N) is 1. The van der Waals surface area contributed by atoms with Crippen molar-refractivity contribution in [1.82, 2.24) is 5.32 Å². The van der Waals surface area contributed by atoms with Crippen LogP contribution >= 0.6 is 11.3 Å². The monoisotopic (exact) mass is 291 g/mol. The number of hydrogen-bond donors (Lipinski definition) is 2. The van der Waals surface area contributed by atoms with Crippen LogP contribution in [-0.2, 0) is 6.54 Å². The Bertz CT molecular complexity index is 537. The molecule has 1 saturated carbocycles. The van der Waals surface area contributed by atoms with Crippen LogP contribution in [-0.4, -0.2) is 11.7 Å². The van der Waals surface area contributed by atoms with Crippen molar-refractivity contribution in [1.29, 1.82) is 0 Å². The summed E-state index contributed by atoms with van der Waals surface area (Å²) in [5, 5.41) is 15.6. The second-order valence-corrected chi connectivity index (χ2v) is 6.70. The summed E-state index contributed by atoms with van der Waals surface area (Å²) in [6.07, 6.45) is 3.40. The number of aliphatic hydroxyl groups excluding tert-OH is 1. The van der Waals surface area contributed by atoms with Gasteiger partial charge in [0.1, 0.15) is 11.5 Å². The zero-order valence-electron chi connectivity index (χ0n) is 11.8. The van der Waals surface area contributed by atoms with Crippen LogP contribution in [0.4, 0.5) is 0 Å². The van der Waals surface area contributed by atoms with Crippen molar-refractivity contribution in [3.8, 4) is 0 Å². The van der Waals surface area contributed by atoms with E-state index in [1.54, 1.807) is 11.3 Å². The lowest BCUT2D eigenvalue weighted by Gasteiger charge is -2.46. The highest BCUT2D eigenvalue weighted by molar-refractivity contribution is 7.10. The van der Waals surface area contributed by atoms with Crippen LogP contribution < -0.4 is 5.32 Å². The lowest BCUT2D eigenvalue weighted by Crippen LogP contribution is -2.45.